The molecular formula is C15H12F4N2O5. The van der Waals surface area contributed by atoms with Gasteiger partial charge in [0.15, 0.2) is 12.4 Å². The lowest BCUT2D eigenvalue weighted by Gasteiger charge is -2.28. The zero-order chi connectivity index (χ0) is 19.7. The third-order valence-corrected chi connectivity index (χ3v) is 3.38. The van der Waals surface area contributed by atoms with Crippen LogP contribution in [0.2, 0.25) is 0 Å². The highest BCUT2D eigenvalue weighted by atomic mass is 19.4. The largest absolute Gasteiger partial charge is 0.481 e. The van der Waals surface area contributed by atoms with Gasteiger partial charge < -0.3 is 20.3 Å². The maximum absolute atomic E-state index is 14.0. The van der Waals surface area contributed by atoms with E-state index < -0.39 is 41.7 Å². The predicted molar refractivity (Wildman–Crippen MR) is 79.6 cm³/mol. The molecule has 0 radical (unpaired) electrons. The average molecular weight is 376 g/mol. The number of hydrogen-bond donors (Lipinski definition) is 3. The maximum Gasteiger partial charge on any atom is 0.443 e. The van der Waals surface area contributed by atoms with Gasteiger partial charge in [0, 0.05) is 6.07 Å². The Morgan fingerprint density at radius 3 is 2.62 bits per heavy atom. The van der Waals surface area contributed by atoms with Crippen molar-refractivity contribution in [2.75, 3.05) is 23.4 Å². The van der Waals surface area contributed by atoms with Gasteiger partial charge in [0.25, 0.3) is 11.7 Å². The number of nitrogens with one attached hydrogen (secondary N) is 1. The summed E-state index contributed by atoms with van der Waals surface area (Å²) >= 11 is 0. The summed E-state index contributed by atoms with van der Waals surface area (Å²) in [5, 5.41) is 19.6. The molecule has 1 heterocycles. The number of anilines is 2. The summed E-state index contributed by atoms with van der Waals surface area (Å²) in [6, 6.07) is 1.76. The van der Waals surface area contributed by atoms with Crippen molar-refractivity contribution in [3.05, 3.63) is 17.9 Å². The van der Waals surface area contributed by atoms with E-state index in [9.17, 15) is 27.2 Å². The predicted octanol–water partition coefficient (Wildman–Crippen LogP) is 0.756. The van der Waals surface area contributed by atoms with Crippen molar-refractivity contribution in [2.24, 2.45) is 0 Å². The molecule has 140 valence electrons. The van der Waals surface area contributed by atoms with Crippen molar-refractivity contribution in [1.82, 2.24) is 0 Å². The number of aliphatic hydroxyl groups is 2. The number of halogens is 4. The van der Waals surface area contributed by atoms with Crippen molar-refractivity contribution in [3.8, 4) is 18.1 Å². The molecule has 0 atom stereocenters. The van der Waals surface area contributed by atoms with Crippen LogP contribution in [0.4, 0.5) is 28.9 Å². The van der Waals surface area contributed by atoms with Gasteiger partial charge in [-0.05, 0) is 6.07 Å². The summed E-state index contributed by atoms with van der Waals surface area (Å²) in [5.74, 6) is -5.25. The molecule has 0 bridgehead atoms. The van der Waals surface area contributed by atoms with E-state index in [1.807, 2.05) is 0 Å². The number of carbonyl (C=O) groups excluding carboxylic acids is 2. The number of benzene rings is 1. The number of carbonyl (C=O) groups is 2. The molecule has 2 amide bonds. The van der Waals surface area contributed by atoms with E-state index in [2.05, 4.69) is 5.92 Å². The first kappa shape index (κ1) is 19.5. The second-order valence-electron chi connectivity index (χ2n) is 5.31. The molecule has 7 nitrogen and oxygen atoms in total. The number of nitrogens with zero attached hydrogens (tertiary/aromatic N) is 1. The Labute approximate surface area is 144 Å². The Balaban J connectivity index is 2.27. The SMILES string of the molecule is C#CCN1C(=O)COc2cc(F)c(NC(=O)CC(O)(O)C(F)(F)F)cc21. The van der Waals surface area contributed by atoms with Gasteiger partial charge in [-0.2, -0.15) is 13.2 Å². The molecule has 0 unspecified atom stereocenters. The van der Waals surface area contributed by atoms with Crippen LogP contribution in [0.1, 0.15) is 6.42 Å². The second kappa shape index (κ2) is 6.81. The number of hydrogen-bond acceptors (Lipinski definition) is 5. The first-order valence-electron chi connectivity index (χ1n) is 6.98. The highest BCUT2D eigenvalue weighted by Crippen LogP contribution is 2.37. The Kier molecular flexibility index (Phi) is 5.11. The standard InChI is InChI=1S/C15H12F4N2O5/c1-2-3-21-10-5-9(8(16)4-11(10)26-7-13(21)23)20-12(22)6-14(24,25)15(17,18)19/h1,4-5,24-25H,3,6-7H2,(H,20,22). The lowest BCUT2D eigenvalue weighted by atomic mass is 10.1. The fourth-order valence-electron chi connectivity index (χ4n) is 2.10. The van der Waals surface area contributed by atoms with Gasteiger partial charge in [-0.15, -0.1) is 6.42 Å². The molecule has 0 spiro atoms. The third-order valence-electron chi connectivity index (χ3n) is 3.38. The van der Waals surface area contributed by atoms with Crippen LogP contribution in [-0.2, 0) is 9.59 Å². The van der Waals surface area contributed by atoms with Crippen LogP contribution in [0, 0.1) is 18.2 Å². The van der Waals surface area contributed by atoms with Crippen LogP contribution in [-0.4, -0.2) is 47.1 Å². The Bertz CT molecular complexity index is 785. The van der Waals surface area contributed by atoms with E-state index in [0.29, 0.717) is 0 Å². The van der Waals surface area contributed by atoms with E-state index in [0.717, 1.165) is 17.0 Å². The number of amides is 2. The molecular weight excluding hydrogens is 364 g/mol. The molecule has 0 aliphatic carbocycles. The summed E-state index contributed by atoms with van der Waals surface area (Å²) in [7, 11) is 0. The molecule has 26 heavy (non-hydrogen) atoms. The smallest absolute Gasteiger partial charge is 0.443 e. The van der Waals surface area contributed by atoms with E-state index in [-0.39, 0.29) is 24.6 Å². The van der Waals surface area contributed by atoms with E-state index >= 15 is 0 Å². The minimum absolute atomic E-state index is 0.00554. The lowest BCUT2D eigenvalue weighted by Crippen LogP contribution is -2.47. The summed E-state index contributed by atoms with van der Waals surface area (Å²) < 4.78 is 56.2. The molecule has 1 aromatic carbocycles. The Morgan fingerprint density at radius 1 is 1.38 bits per heavy atom. The average Bonchev–Trinajstić information content (AvgIpc) is 2.50. The van der Waals surface area contributed by atoms with E-state index in [1.165, 1.54) is 0 Å². The molecule has 1 aliphatic heterocycles. The summed E-state index contributed by atoms with van der Waals surface area (Å²) in [5.41, 5.74) is -0.585. The van der Waals surface area contributed by atoms with Gasteiger partial charge in [0.1, 0.15) is 5.75 Å². The fourth-order valence-corrected chi connectivity index (χ4v) is 2.10. The first-order chi connectivity index (χ1) is 12.0. The van der Waals surface area contributed by atoms with Crippen LogP contribution in [0.15, 0.2) is 12.1 Å². The van der Waals surface area contributed by atoms with Crippen LogP contribution in [0.25, 0.3) is 0 Å². The van der Waals surface area contributed by atoms with E-state index in [1.54, 1.807) is 5.32 Å². The van der Waals surface area contributed by atoms with Crippen molar-refractivity contribution >= 4 is 23.2 Å². The molecule has 0 fully saturated rings. The number of fused-ring (bicyclic) bond motifs is 1. The van der Waals surface area contributed by atoms with Crippen LogP contribution < -0.4 is 15.0 Å². The fraction of sp³-hybridized carbons (Fsp3) is 0.333. The van der Waals surface area contributed by atoms with Crippen molar-refractivity contribution in [1.29, 1.82) is 0 Å². The molecule has 11 heteroatoms. The lowest BCUT2D eigenvalue weighted by molar-refractivity contribution is -0.347. The van der Waals surface area contributed by atoms with Gasteiger partial charge in [-0.1, -0.05) is 5.92 Å². The monoisotopic (exact) mass is 376 g/mol. The van der Waals surface area contributed by atoms with Crippen LogP contribution in [0.3, 0.4) is 0 Å². The van der Waals surface area contributed by atoms with Crippen molar-refractivity contribution < 1.29 is 42.1 Å². The van der Waals surface area contributed by atoms with Crippen molar-refractivity contribution in [2.45, 2.75) is 18.4 Å². The maximum atomic E-state index is 14.0. The van der Waals surface area contributed by atoms with Gasteiger partial charge >= 0.3 is 6.18 Å². The molecule has 1 aliphatic rings. The zero-order valence-corrected chi connectivity index (χ0v) is 12.9. The van der Waals surface area contributed by atoms with Gasteiger partial charge in [-0.3, -0.25) is 14.5 Å². The minimum Gasteiger partial charge on any atom is -0.481 e. The molecule has 1 aromatic rings. The number of ether oxygens (including phenoxy) is 1. The number of terminal acetylenes is 1. The third kappa shape index (κ3) is 3.87. The number of rotatable bonds is 4. The highest BCUT2D eigenvalue weighted by molar-refractivity contribution is 6.00. The van der Waals surface area contributed by atoms with Crippen LogP contribution >= 0.6 is 0 Å². The van der Waals surface area contributed by atoms with Gasteiger partial charge in [0.2, 0.25) is 5.91 Å². The van der Waals surface area contributed by atoms with Gasteiger partial charge in [0.05, 0.1) is 24.3 Å². The normalized spacial score (nSPS) is 14.3. The summed E-state index contributed by atoms with van der Waals surface area (Å²) in [6.07, 6.45) is -2.12. The van der Waals surface area contributed by atoms with E-state index in [4.69, 9.17) is 21.4 Å². The highest BCUT2D eigenvalue weighted by Gasteiger charge is 2.54. The molecule has 0 saturated heterocycles. The Hall–Kier alpha value is -2.84. The summed E-state index contributed by atoms with van der Waals surface area (Å²) in [6.45, 7) is -0.568. The topological polar surface area (TPSA) is 99.1 Å². The van der Waals surface area contributed by atoms with Crippen molar-refractivity contribution in [3.63, 3.8) is 0 Å². The molecule has 2 rings (SSSR count). The Morgan fingerprint density at radius 2 is 2.04 bits per heavy atom. The van der Waals surface area contributed by atoms with Gasteiger partial charge in [-0.25, -0.2) is 4.39 Å². The molecule has 0 aromatic heterocycles. The quantitative estimate of drug-likeness (QED) is 0.409. The minimum atomic E-state index is -5.48. The van der Waals surface area contributed by atoms with Crippen LogP contribution in [0.5, 0.6) is 5.75 Å². The molecule has 3 N–H and O–H groups in total. The summed E-state index contributed by atoms with van der Waals surface area (Å²) in [4.78, 5) is 24.5. The first-order valence-corrected chi connectivity index (χ1v) is 6.98. The second-order valence-corrected chi connectivity index (χ2v) is 5.31. The number of alkyl halides is 3. The zero-order valence-electron chi connectivity index (χ0n) is 12.9. The molecule has 0 saturated carbocycles.